The van der Waals surface area contributed by atoms with Gasteiger partial charge >= 0.3 is 0 Å². The fourth-order valence-electron chi connectivity index (χ4n) is 1.29. The van der Waals surface area contributed by atoms with Gasteiger partial charge in [0.15, 0.2) is 6.29 Å². The van der Waals surface area contributed by atoms with Crippen molar-refractivity contribution in [1.82, 2.24) is 0 Å². The zero-order valence-corrected chi connectivity index (χ0v) is 8.60. The van der Waals surface area contributed by atoms with Crippen LogP contribution in [0, 0.1) is 0 Å². The largest absolute Gasteiger partial charge is 0.387 e. The summed E-state index contributed by atoms with van der Waals surface area (Å²) in [4.78, 5) is 0. The molecule has 0 bridgehead atoms. The standard InChI is InChI=1S/C6H12O9S/c7-1-2(8)4(6(11)16(12,13)14)15-5(10)3(1)9/h1-11H,(H,12,13,14)/t1-,2+,3+,4-,5?,6?/m0/s1. The molecule has 16 heavy (non-hydrogen) atoms. The van der Waals surface area contributed by atoms with Crippen LogP contribution >= 0.6 is 0 Å². The van der Waals surface area contributed by atoms with E-state index in [4.69, 9.17) is 19.9 Å². The van der Waals surface area contributed by atoms with Crippen molar-refractivity contribution in [3.63, 3.8) is 0 Å². The van der Waals surface area contributed by atoms with E-state index in [0.717, 1.165) is 0 Å². The highest BCUT2D eigenvalue weighted by atomic mass is 32.2. The van der Waals surface area contributed by atoms with Gasteiger partial charge in [-0.05, 0) is 0 Å². The molecule has 0 aromatic heterocycles. The van der Waals surface area contributed by atoms with Crippen LogP contribution in [0.25, 0.3) is 0 Å². The van der Waals surface area contributed by atoms with Crippen molar-refractivity contribution in [3.8, 4) is 0 Å². The first kappa shape index (κ1) is 13.7. The van der Waals surface area contributed by atoms with E-state index in [9.17, 15) is 18.6 Å². The summed E-state index contributed by atoms with van der Waals surface area (Å²) >= 11 is 0. The van der Waals surface area contributed by atoms with Crippen molar-refractivity contribution in [2.75, 3.05) is 0 Å². The molecule has 1 heterocycles. The first-order chi connectivity index (χ1) is 7.16. The third-order valence-corrected chi connectivity index (χ3v) is 3.09. The van der Waals surface area contributed by atoms with Gasteiger partial charge in [-0.3, -0.25) is 4.55 Å². The third kappa shape index (κ3) is 2.49. The van der Waals surface area contributed by atoms with Crippen molar-refractivity contribution in [2.24, 2.45) is 0 Å². The Morgan fingerprint density at radius 2 is 1.50 bits per heavy atom. The summed E-state index contributed by atoms with van der Waals surface area (Å²) in [6.07, 6.45) is -9.69. The molecule has 9 nitrogen and oxygen atoms in total. The lowest BCUT2D eigenvalue weighted by Crippen LogP contribution is -2.61. The van der Waals surface area contributed by atoms with Crippen LogP contribution < -0.4 is 0 Å². The van der Waals surface area contributed by atoms with E-state index in [0.29, 0.717) is 0 Å². The summed E-state index contributed by atoms with van der Waals surface area (Å²) in [5.41, 5.74) is -2.54. The molecule has 0 aromatic rings. The molecule has 0 spiro atoms. The van der Waals surface area contributed by atoms with E-state index < -0.39 is 46.3 Å². The van der Waals surface area contributed by atoms with Crippen LogP contribution in [0.2, 0.25) is 0 Å². The van der Waals surface area contributed by atoms with Crippen LogP contribution in [0.3, 0.4) is 0 Å². The molecule has 96 valence electrons. The number of hydrogen-bond acceptors (Lipinski definition) is 8. The molecule has 1 saturated heterocycles. The van der Waals surface area contributed by atoms with Gasteiger partial charge in [-0.1, -0.05) is 0 Å². The Kier molecular flexibility index (Phi) is 3.87. The summed E-state index contributed by atoms with van der Waals surface area (Å²) in [7, 11) is -4.93. The van der Waals surface area contributed by atoms with Crippen molar-refractivity contribution in [1.29, 1.82) is 0 Å². The Hall–Kier alpha value is -0.330. The van der Waals surface area contributed by atoms with Crippen LogP contribution in [0.4, 0.5) is 0 Å². The molecule has 10 heteroatoms. The van der Waals surface area contributed by atoms with Gasteiger partial charge < -0.3 is 30.3 Å². The fourth-order valence-corrected chi connectivity index (χ4v) is 1.86. The van der Waals surface area contributed by atoms with Crippen LogP contribution in [-0.4, -0.2) is 74.6 Å². The molecule has 6 atom stereocenters. The Labute approximate surface area is 90.3 Å². The molecule has 0 radical (unpaired) electrons. The zero-order chi connectivity index (χ0) is 12.7. The minimum atomic E-state index is -4.93. The fraction of sp³-hybridized carbons (Fsp3) is 1.00. The second-order valence-corrected chi connectivity index (χ2v) is 4.88. The first-order valence-electron chi connectivity index (χ1n) is 4.18. The Morgan fingerprint density at radius 3 is 1.94 bits per heavy atom. The predicted octanol–water partition coefficient (Wildman–Crippen LogP) is -4.01. The number of hydrogen-bond donors (Lipinski definition) is 6. The monoisotopic (exact) mass is 260 g/mol. The van der Waals surface area contributed by atoms with Gasteiger partial charge in [-0.15, -0.1) is 0 Å². The maximum atomic E-state index is 10.6. The van der Waals surface area contributed by atoms with Gasteiger partial charge in [-0.2, -0.15) is 8.42 Å². The van der Waals surface area contributed by atoms with E-state index in [1.165, 1.54) is 0 Å². The number of ether oxygens (including phenoxy) is 1. The molecule has 0 saturated carbocycles. The predicted molar refractivity (Wildman–Crippen MR) is 46.5 cm³/mol. The topological polar surface area (TPSA) is 165 Å². The minimum Gasteiger partial charge on any atom is -0.387 e. The molecule has 1 aliphatic rings. The van der Waals surface area contributed by atoms with Crippen molar-refractivity contribution < 1.29 is 43.2 Å². The summed E-state index contributed by atoms with van der Waals surface area (Å²) in [5, 5.41) is 45.6. The molecule has 0 amide bonds. The van der Waals surface area contributed by atoms with Crippen LogP contribution in [0.15, 0.2) is 0 Å². The number of aliphatic hydroxyl groups excluding tert-OH is 5. The van der Waals surface area contributed by atoms with Gasteiger partial charge in [-0.25, -0.2) is 0 Å². The smallest absolute Gasteiger partial charge is 0.294 e. The second kappa shape index (κ2) is 4.50. The Morgan fingerprint density at radius 1 is 1.00 bits per heavy atom. The number of rotatable bonds is 2. The average molecular weight is 260 g/mol. The first-order valence-corrected chi connectivity index (χ1v) is 5.68. The molecule has 6 N–H and O–H groups in total. The highest BCUT2D eigenvalue weighted by molar-refractivity contribution is 7.86. The molecule has 2 unspecified atom stereocenters. The summed E-state index contributed by atoms with van der Waals surface area (Å²) in [5.74, 6) is 0. The minimum absolute atomic E-state index is 1.85. The summed E-state index contributed by atoms with van der Waals surface area (Å²) in [6, 6.07) is 0. The highest BCUT2D eigenvalue weighted by Gasteiger charge is 2.48. The highest BCUT2D eigenvalue weighted by Crippen LogP contribution is 2.23. The quantitative estimate of drug-likeness (QED) is 0.271. The second-order valence-electron chi connectivity index (χ2n) is 3.37. The lowest BCUT2D eigenvalue weighted by Gasteiger charge is -2.39. The maximum absolute atomic E-state index is 10.6. The lowest BCUT2D eigenvalue weighted by atomic mass is 9.99. The van der Waals surface area contributed by atoms with E-state index in [1.807, 2.05) is 0 Å². The molecule has 1 aliphatic heterocycles. The van der Waals surface area contributed by atoms with Crippen molar-refractivity contribution in [3.05, 3.63) is 0 Å². The summed E-state index contributed by atoms with van der Waals surface area (Å²) < 4.78 is 34.0. The van der Waals surface area contributed by atoms with E-state index in [-0.39, 0.29) is 0 Å². The van der Waals surface area contributed by atoms with Crippen molar-refractivity contribution >= 4 is 10.1 Å². The molecule has 1 fully saturated rings. The molecule has 0 aliphatic carbocycles. The molecule has 1 rings (SSSR count). The van der Waals surface area contributed by atoms with E-state index >= 15 is 0 Å². The van der Waals surface area contributed by atoms with Crippen LogP contribution in [-0.2, 0) is 14.9 Å². The average Bonchev–Trinajstić information content (AvgIpc) is 2.18. The normalized spacial score (nSPS) is 43.0. The summed E-state index contributed by atoms with van der Waals surface area (Å²) in [6.45, 7) is 0. The molecular formula is C6H12O9S. The van der Waals surface area contributed by atoms with Crippen LogP contribution in [0.1, 0.15) is 0 Å². The lowest BCUT2D eigenvalue weighted by molar-refractivity contribution is -0.290. The van der Waals surface area contributed by atoms with Crippen LogP contribution in [0.5, 0.6) is 0 Å². The van der Waals surface area contributed by atoms with Crippen molar-refractivity contribution in [2.45, 2.75) is 36.1 Å². The maximum Gasteiger partial charge on any atom is 0.294 e. The van der Waals surface area contributed by atoms with Gasteiger partial charge in [0.05, 0.1) is 0 Å². The van der Waals surface area contributed by atoms with Gasteiger partial charge in [0, 0.05) is 0 Å². The van der Waals surface area contributed by atoms with Gasteiger partial charge in [0.1, 0.15) is 24.4 Å². The molecular weight excluding hydrogens is 248 g/mol. The Balaban J connectivity index is 2.90. The van der Waals surface area contributed by atoms with Gasteiger partial charge in [0.25, 0.3) is 10.1 Å². The van der Waals surface area contributed by atoms with E-state index in [1.54, 1.807) is 0 Å². The number of aliphatic hydroxyl groups is 5. The SMILES string of the molecule is O=S(=O)(O)C(O)[C@H]1OC(O)[C@H](O)[C@@H](O)[C@H]1O. The third-order valence-electron chi connectivity index (χ3n) is 2.21. The Bertz CT molecular complexity index is 340. The zero-order valence-electron chi connectivity index (χ0n) is 7.78. The van der Waals surface area contributed by atoms with Gasteiger partial charge in [0.2, 0.25) is 5.44 Å². The molecule has 0 aromatic carbocycles. The van der Waals surface area contributed by atoms with E-state index in [2.05, 4.69) is 4.74 Å².